The lowest BCUT2D eigenvalue weighted by molar-refractivity contribution is 0.223. The zero-order chi connectivity index (χ0) is 22.4. The third-order valence-corrected chi connectivity index (χ3v) is 6.11. The molecule has 2 aromatic carbocycles. The summed E-state index contributed by atoms with van der Waals surface area (Å²) in [6.45, 7) is 2.59. The molecule has 6 rings (SSSR count). The average Bonchev–Trinajstić information content (AvgIpc) is 3.32. The van der Waals surface area contributed by atoms with Gasteiger partial charge in [-0.3, -0.25) is 4.98 Å². The van der Waals surface area contributed by atoms with Gasteiger partial charge in [0.25, 0.3) is 0 Å². The molecule has 7 nitrogen and oxygen atoms in total. The summed E-state index contributed by atoms with van der Waals surface area (Å²) in [5.41, 5.74) is 4.82. The number of pyridine rings is 1. The quantitative estimate of drug-likeness (QED) is 0.449. The monoisotopic (exact) mass is 457 g/mol. The molecule has 2 aliphatic rings. The van der Waals surface area contributed by atoms with Gasteiger partial charge in [-0.15, -0.1) is 0 Å². The van der Waals surface area contributed by atoms with Gasteiger partial charge in [-0.25, -0.2) is 4.68 Å². The first-order chi connectivity index (χ1) is 16.2. The minimum absolute atomic E-state index is 0.254. The van der Waals surface area contributed by atoms with Crippen molar-refractivity contribution < 1.29 is 9.47 Å². The van der Waals surface area contributed by atoms with Crippen molar-refractivity contribution in [2.24, 2.45) is 0 Å². The van der Waals surface area contributed by atoms with Gasteiger partial charge < -0.3 is 14.8 Å². The van der Waals surface area contributed by atoms with Crippen LogP contribution in [0.5, 0.6) is 11.5 Å². The molecule has 0 saturated carbocycles. The van der Waals surface area contributed by atoms with Gasteiger partial charge in [0.05, 0.1) is 12.3 Å². The summed E-state index contributed by atoms with van der Waals surface area (Å²) in [6, 6.07) is 17.4. The lowest BCUT2D eigenvalue weighted by atomic mass is 9.85. The number of fused-ring (bicyclic) bond motifs is 3. The van der Waals surface area contributed by atoms with E-state index in [1.165, 1.54) is 0 Å². The van der Waals surface area contributed by atoms with Crippen LogP contribution in [0.2, 0.25) is 5.02 Å². The number of anilines is 1. The Balaban J connectivity index is 1.58. The smallest absolute Gasteiger partial charge is 0.226 e. The Hall–Kier alpha value is -3.84. The summed E-state index contributed by atoms with van der Waals surface area (Å²) in [6.07, 6.45) is 4.81. The first-order valence-electron chi connectivity index (χ1n) is 10.7. The van der Waals surface area contributed by atoms with E-state index in [2.05, 4.69) is 20.4 Å². The normalized spacial score (nSPS) is 18.5. The van der Waals surface area contributed by atoms with Gasteiger partial charge in [0, 0.05) is 28.6 Å². The first-order valence-corrected chi connectivity index (χ1v) is 11.1. The van der Waals surface area contributed by atoms with Crippen LogP contribution in [0.15, 0.2) is 78.9 Å². The van der Waals surface area contributed by atoms with Gasteiger partial charge in [0.1, 0.15) is 30.0 Å². The molecule has 0 aliphatic carbocycles. The summed E-state index contributed by atoms with van der Waals surface area (Å²) in [7, 11) is 0. The minimum Gasteiger partial charge on any atom is -0.494 e. The summed E-state index contributed by atoms with van der Waals surface area (Å²) in [5.74, 6) is 2.23. The molecule has 164 valence electrons. The average molecular weight is 458 g/mol. The van der Waals surface area contributed by atoms with E-state index < -0.39 is 0 Å². The number of nitrogens with one attached hydrogen (secondary N) is 1. The summed E-state index contributed by atoms with van der Waals surface area (Å²) in [4.78, 5) is 8.80. The topological polar surface area (TPSA) is 74.1 Å². The van der Waals surface area contributed by atoms with Crippen LogP contribution in [0, 0.1) is 0 Å². The minimum atomic E-state index is -0.362. The fraction of sp³-hybridized carbons (Fsp3) is 0.160. The second-order valence-corrected chi connectivity index (χ2v) is 8.25. The Kier molecular flexibility index (Phi) is 4.77. The number of ether oxygens (including phenoxy) is 2. The van der Waals surface area contributed by atoms with E-state index in [0.717, 1.165) is 39.5 Å². The van der Waals surface area contributed by atoms with Crippen molar-refractivity contribution in [2.45, 2.75) is 19.1 Å². The van der Waals surface area contributed by atoms with E-state index in [0.29, 0.717) is 17.6 Å². The third-order valence-electron chi connectivity index (χ3n) is 5.87. The largest absolute Gasteiger partial charge is 0.494 e. The van der Waals surface area contributed by atoms with Crippen molar-refractivity contribution in [3.8, 4) is 11.5 Å². The Bertz CT molecular complexity index is 1350. The molecule has 0 radical (unpaired) electrons. The number of aromatic nitrogens is 4. The molecule has 0 spiro atoms. The summed E-state index contributed by atoms with van der Waals surface area (Å²) < 4.78 is 14.1. The van der Waals surface area contributed by atoms with Crippen molar-refractivity contribution in [3.05, 3.63) is 101 Å². The summed E-state index contributed by atoms with van der Waals surface area (Å²) >= 11 is 6.38. The van der Waals surface area contributed by atoms with E-state index >= 15 is 0 Å². The first kappa shape index (κ1) is 19.8. The number of benzene rings is 2. The number of hydrogen-bond donors (Lipinski definition) is 1. The number of rotatable bonds is 4. The molecule has 8 heteroatoms. The predicted octanol–water partition coefficient (Wildman–Crippen LogP) is 5.29. The van der Waals surface area contributed by atoms with E-state index in [1.54, 1.807) is 12.5 Å². The van der Waals surface area contributed by atoms with E-state index in [4.69, 9.17) is 21.1 Å². The predicted molar refractivity (Wildman–Crippen MR) is 125 cm³/mol. The second kappa shape index (κ2) is 7.94. The molecular formula is C25H20ClN5O2. The van der Waals surface area contributed by atoms with Crippen LogP contribution in [0.3, 0.4) is 0 Å². The molecule has 0 saturated heterocycles. The Morgan fingerprint density at radius 2 is 2.00 bits per heavy atom. The zero-order valence-electron chi connectivity index (χ0n) is 17.8. The van der Waals surface area contributed by atoms with Crippen molar-refractivity contribution >= 4 is 23.2 Å². The van der Waals surface area contributed by atoms with Crippen LogP contribution in [0.4, 0.5) is 5.95 Å². The number of hydrogen-bond acceptors (Lipinski definition) is 6. The van der Waals surface area contributed by atoms with Gasteiger partial charge in [-0.1, -0.05) is 29.8 Å². The van der Waals surface area contributed by atoms with Crippen molar-refractivity contribution in [1.29, 1.82) is 0 Å². The zero-order valence-corrected chi connectivity index (χ0v) is 18.5. The Morgan fingerprint density at radius 3 is 2.79 bits per heavy atom. The standard InChI is InChI=1S/C25H20ClN5O2/c1-2-32-18-8-5-15(6-9-18)24-21-22(19-12-17(26)7-10-20(19)33-24)30-25-28-14-29-31(25)23(21)16-4-3-11-27-13-16/h3-14,23-24H,2H2,1H3,(H,28,29,30). The molecule has 1 N–H and O–H groups in total. The van der Waals surface area contributed by atoms with E-state index in [9.17, 15) is 0 Å². The van der Waals surface area contributed by atoms with Crippen LogP contribution in [-0.2, 0) is 0 Å². The van der Waals surface area contributed by atoms with Crippen molar-refractivity contribution in [1.82, 2.24) is 19.7 Å². The van der Waals surface area contributed by atoms with Gasteiger partial charge in [-0.2, -0.15) is 10.1 Å². The maximum absolute atomic E-state index is 6.61. The molecular weight excluding hydrogens is 438 g/mol. The molecule has 0 amide bonds. The molecule has 2 atom stereocenters. The molecule has 2 unspecified atom stereocenters. The highest BCUT2D eigenvalue weighted by Gasteiger charge is 2.41. The fourth-order valence-corrected chi connectivity index (χ4v) is 4.65. The van der Waals surface area contributed by atoms with Crippen LogP contribution < -0.4 is 14.8 Å². The van der Waals surface area contributed by atoms with Crippen molar-refractivity contribution in [3.63, 3.8) is 0 Å². The van der Waals surface area contributed by atoms with Gasteiger partial charge in [-0.05, 0) is 54.4 Å². The van der Waals surface area contributed by atoms with Gasteiger partial charge >= 0.3 is 0 Å². The molecule has 0 bridgehead atoms. The van der Waals surface area contributed by atoms with Gasteiger partial charge in [0.2, 0.25) is 5.95 Å². The second-order valence-electron chi connectivity index (χ2n) is 7.81. The van der Waals surface area contributed by atoms with Crippen LogP contribution in [0.25, 0.3) is 5.70 Å². The molecule has 4 heterocycles. The SMILES string of the molecule is CCOc1ccc(C2Oc3ccc(Cl)cc3C3=C2C(c2cccnc2)n2ncnc2N3)cc1. The van der Waals surface area contributed by atoms with Crippen molar-refractivity contribution in [2.75, 3.05) is 11.9 Å². The maximum Gasteiger partial charge on any atom is 0.226 e. The van der Waals surface area contributed by atoms with E-state index in [-0.39, 0.29) is 12.1 Å². The van der Waals surface area contributed by atoms with Crippen LogP contribution in [0.1, 0.15) is 35.8 Å². The molecule has 0 fully saturated rings. The highest BCUT2D eigenvalue weighted by atomic mass is 35.5. The molecule has 2 aliphatic heterocycles. The molecule has 33 heavy (non-hydrogen) atoms. The Labute approximate surface area is 195 Å². The fourth-order valence-electron chi connectivity index (χ4n) is 4.48. The lowest BCUT2D eigenvalue weighted by Gasteiger charge is -2.38. The molecule has 4 aromatic rings. The summed E-state index contributed by atoms with van der Waals surface area (Å²) in [5, 5.41) is 8.64. The van der Waals surface area contributed by atoms with Gasteiger partial charge in [0.15, 0.2) is 0 Å². The van der Waals surface area contributed by atoms with E-state index in [1.807, 2.05) is 72.4 Å². The molecule has 2 aromatic heterocycles. The van der Waals surface area contributed by atoms with Crippen LogP contribution in [-0.4, -0.2) is 26.4 Å². The number of nitrogens with zero attached hydrogens (tertiary/aromatic N) is 4. The Morgan fingerprint density at radius 1 is 1.12 bits per heavy atom. The lowest BCUT2D eigenvalue weighted by Crippen LogP contribution is -2.32. The highest BCUT2D eigenvalue weighted by Crippen LogP contribution is 2.51. The van der Waals surface area contributed by atoms with Crippen LogP contribution >= 0.6 is 11.6 Å². The number of halogens is 1. The third kappa shape index (κ3) is 3.32. The highest BCUT2D eigenvalue weighted by molar-refractivity contribution is 6.30. The maximum atomic E-state index is 6.61.